The van der Waals surface area contributed by atoms with Gasteiger partial charge in [-0.2, -0.15) is 0 Å². The SMILES string of the molecule is O=C(Oc1ccc2c(c1)OCO2)c1cc(F)c(F)cc1Cl. The van der Waals surface area contributed by atoms with Gasteiger partial charge in [-0.3, -0.25) is 0 Å². The molecule has 0 bridgehead atoms. The van der Waals surface area contributed by atoms with Crippen molar-refractivity contribution in [1.29, 1.82) is 0 Å². The van der Waals surface area contributed by atoms with Gasteiger partial charge in [0.1, 0.15) is 5.75 Å². The van der Waals surface area contributed by atoms with Crippen molar-refractivity contribution < 1.29 is 27.8 Å². The van der Waals surface area contributed by atoms with Crippen LogP contribution in [0.2, 0.25) is 5.02 Å². The molecule has 1 aliphatic rings. The summed E-state index contributed by atoms with van der Waals surface area (Å²) >= 11 is 5.70. The summed E-state index contributed by atoms with van der Waals surface area (Å²) in [6, 6.07) is 5.91. The number of benzene rings is 2. The normalized spacial score (nSPS) is 12.3. The van der Waals surface area contributed by atoms with E-state index in [0.29, 0.717) is 23.6 Å². The summed E-state index contributed by atoms with van der Waals surface area (Å²) in [6.07, 6.45) is 0. The average molecular weight is 313 g/mol. The first-order chi connectivity index (χ1) is 10.0. The Kier molecular flexibility index (Phi) is 3.39. The molecule has 0 unspecified atom stereocenters. The molecule has 0 saturated carbocycles. The Hall–Kier alpha value is -2.34. The van der Waals surface area contributed by atoms with E-state index in [-0.39, 0.29) is 23.1 Å². The smallest absolute Gasteiger partial charge is 0.345 e. The molecular weight excluding hydrogens is 306 g/mol. The average Bonchev–Trinajstić information content (AvgIpc) is 2.90. The van der Waals surface area contributed by atoms with Crippen molar-refractivity contribution in [3.8, 4) is 17.2 Å². The van der Waals surface area contributed by atoms with Crippen LogP contribution in [0.3, 0.4) is 0 Å². The van der Waals surface area contributed by atoms with Crippen LogP contribution in [-0.2, 0) is 0 Å². The second-order valence-electron chi connectivity index (χ2n) is 4.15. The predicted octanol–water partition coefficient (Wildman–Crippen LogP) is 3.57. The van der Waals surface area contributed by atoms with Gasteiger partial charge < -0.3 is 14.2 Å². The van der Waals surface area contributed by atoms with E-state index in [0.717, 1.165) is 0 Å². The quantitative estimate of drug-likeness (QED) is 0.483. The molecule has 2 aromatic carbocycles. The molecule has 4 nitrogen and oxygen atoms in total. The summed E-state index contributed by atoms with van der Waals surface area (Å²) in [5.41, 5.74) is -0.270. The zero-order chi connectivity index (χ0) is 15.0. The zero-order valence-electron chi connectivity index (χ0n) is 10.4. The lowest BCUT2D eigenvalue weighted by Crippen LogP contribution is -2.10. The van der Waals surface area contributed by atoms with E-state index in [1.165, 1.54) is 12.1 Å². The third kappa shape index (κ3) is 2.62. The molecule has 7 heteroatoms. The maximum atomic E-state index is 13.2. The van der Waals surface area contributed by atoms with Crippen LogP contribution in [-0.4, -0.2) is 12.8 Å². The Labute approximate surface area is 122 Å². The van der Waals surface area contributed by atoms with Crippen molar-refractivity contribution >= 4 is 17.6 Å². The van der Waals surface area contributed by atoms with E-state index in [1.807, 2.05) is 0 Å². The highest BCUT2D eigenvalue weighted by atomic mass is 35.5. The first kappa shape index (κ1) is 13.6. The van der Waals surface area contributed by atoms with E-state index < -0.39 is 17.6 Å². The molecule has 0 N–H and O–H groups in total. The molecular formula is C14H7ClF2O4. The number of fused-ring (bicyclic) bond motifs is 1. The summed E-state index contributed by atoms with van der Waals surface area (Å²) in [5, 5.41) is -0.236. The minimum atomic E-state index is -1.18. The molecule has 0 amide bonds. The summed E-state index contributed by atoms with van der Waals surface area (Å²) in [7, 11) is 0. The van der Waals surface area contributed by atoms with Crippen LogP contribution in [0.15, 0.2) is 30.3 Å². The molecule has 0 saturated heterocycles. The Morgan fingerprint density at radius 3 is 2.62 bits per heavy atom. The first-order valence-corrected chi connectivity index (χ1v) is 6.19. The van der Waals surface area contributed by atoms with Crippen molar-refractivity contribution in [3.63, 3.8) is 0 Å². The maximum absolute atomic E-state index is 13.2. The fourth-order valence-electron chi connectivity index (χ4n) is 1.78. The summed E-state index contributed by atoms with van der Waals surface area (Å²) < 4.78 is 41.4. The van der Waals surface area contributed by atoms with Gasteiger partial charge in [-0.1, -0.05) is 11.6 Å². The van der Waals surface area contributed by atoms with Crippen LogP contribution < -0.4 is 14.2 Å². The largest absolute Gasteiger partial charge is 0.454 e. The van der Waals surface area contributed by atoms with Crippen LogP contribution in [0.4, 0.5) is 8.78 Å². The fraction of sp³-hybridized carbons (Fsp3) is 0.0714. The van der Waals surface area contributed by atoms with Gasteiger partial charge in [0.05, 0.1) is 10.6 Å². The van der Waals surface area contributed by atoms with Crippen LogP contribution in [0.5, 0.6) is 17.2 Å². The molecule has 1 aliphatic heterocycles. The van der Waals surface area contributed by atoms with E-state index in [2.05, 4.69) is 0 Å². The summed E-state index contributed by atoms with van der Waals surface area (Å²) in [5.74, 6) is -2.10. The minimum Gasteiger partial charge on any atom is -0.454 e. The van der Waals surface area contributed by atoms with Crippen LogP contribution in [0.25, 0.3) is 0 Å². The molecule has 2 aromatic rings. The molecule has 0 aromatic heterocycles. The molecule has 0 aliphatic carbocycles. The second-order valence-corrected chi connectivity index (χ2v) is 4.56. The highest BCUT2D eigenvalue weighted by Gasteiger charge is 2.19. The van der Waals surface area contributed by atoms with Crippen LogP contribution >= 0.6 is 11.6 Å². The van der Waals surface area contributed by atoms with Crippen LogP contribution in [0, 0.1) is 11.6 Å². The van der Waals surface area contributed by atoms with Crippen molar-refractivity contribution in [2.45, 2.75) is 0 Å². The number of rotatable bonds is 2. The lowest BCUT2D eigenvalue weighted by Gasteiger charge is -2.07. The lowest BCUT2D eigenvalue weighted by atomic mass is 10.2. The Morgan fingerprint density at radius 2 is 1.81 bits per heavy atom. The highest BCUT2D eigenvalue weighted by molar-refractivity contribution is 6.33. The van der Waals surface area contributed by atoms with Gasteiger partial charge in [0.15, 0.2) is 23.1 Å². The van der Waals surface area contributed by atoms with Gasteiger partial charge in [-0.15, -0.1) is 0 Å². The number of carbonyl (C=O) groups is 1. The lowest BCUT2D eigenvalue weighted by molar-refractivity contribution is 0.0734. The van der Waals surface area contributed by atoms with Gasteiger partial charge in [0.25, 0.3) is 0 Å². The molecule has 0 atom stereocenters. The molecule has 21 heavy (non-hydrogen) atoms. The third-order valence-corrected chi connectivity index (χ3v) is 3.10. The number of hydrogen-bond donors (Lipinski definition) is 0. The van der Waals surface area contributed by atoms with Gasteiger partial charge in [0.2, 0.25) is 6.79 Å². The zero-order valence-corrected chi connectivity index (χ0v) is 11.1. The standard InChI is InChI=1S/C14H7ClF2O4/c15-9-5-11(17)10(16)4-8(9)14(18)21-7-1-2-12-13(3-7)20-6-19-12/h1-5H,6H2. The number of hydrogen-bond acceptors (Lipinski definition) is 4. The van der Waals surface area contributed by atoms with Crippen molar-refractivity contribution in [2.75, 3.05) is 6.79 Å². The predicted molar refractivity (Wildman–Crippen MR) is 68.9 cm³/mol. The first-order valence-electron chi connectivity index (χ1n) is 5.81. The van der Waals surface area contributed by atoms with E-state index in [9.17, 15) is 13.6 Å². The molecule has 0 spiro atoms. The minimum absolute atomic E-state index is 0.0851. The number of esters is 1. The molecule has 3 rings (SSSR count). The van der Waals surface area contributed by atoms with Gasteiger partial charge in [-0.05, 0) is 24.3 Å². The van der Waals surface area contributed by atoms with E-state index in [4.69, 9.17) is 25.8 Å². The van der Waals surface area contributed by atoms with Crippen LogP contribution in [0.1, 0.15) is 10.4 Å². The second kappa shape index (κ2) is 5.21. The topological polar surface area (TPSA) is 44.8 Å². The van der Waals surface area contributed by atoms with E-state index in [1.54, 1.807) is 6.07 Å². The van der Waals surface area contributed by atoms with E-state index >= 15 is 0 Å². The Bertz CT molecular complexity index is 733. The van der Waals surface area contributed by atoms with Gasteiger partial charge in [-0.25, -0.2) is 13.6 Å². The monoisotopic (exact) mass is 312 g/mol. The molecule has 108 valence electrons. The van der Waals surface area contributed by atoms with Gasteiger partial charge in [0, 0.05) is 6.07 Å². The fourth-order valence-corrected chi connectivity index (χ4v) is 2.01. The third-order valence-electron chi connectivity index (χ3n) is 2.78. The highest BCUT2D eigenvalue weighted by Crippen LogP contribution is 2.35. The summed E-state index contributed by atoms with van der Waals surface area (Å²) in [6.45, 7) is 0.0851. The van der Waals surface area contributed by atoms with Crippen molar-refractivity contribution in [3.05, 3.63) is 52.6 Å². The number of halogens is 3. The van der Waals surface area contributed by atoms with Crippen molar-refractivity contribution in [2.24, 2.45) is 0 Å². The molecule has 1 heterocycles. The number of ether oxygens (including phenoxy) is 3. The Balaban J connectivity index is 1.85. The van der Waals surface area contributed by atoms with Crippen molar-refractivity contribution in [1.82, 2.24) is 0 Å². The molecule has 0 fully saturated rings. The van der Waals surface area contributed by atoms with Gasteiger partial charge >= 0.3 is 5.97 Å². The number of carbonyl (C=O) groups excluding carboxylic acids is 1. The maximum Gasteiger partial charge on any atom is 0.345 e. The molecule has 0 radical (unpaired) electrons. The summed E-state index contributed by atoms with van der Waals surface area (Å²) in [4.78, 5) is 11.9. The Morgan fingerprint density at radius 1 is 1.10 bits per heavy atom.